The molecule has 0 N–H and O–H groups in total. The SMILES string of the molecule is C(=C\[Si](c1ccccc1)(c1ccccc1)c1ccccc1)/c1cccs1. The molecule has 0 fully saturated rings. The Morgan fingerprint density at radius 2 is 1.00 bits per heavy atom. The molecule has 0 unspecified atom stereocenters. The summed E-state index contributed by atoms with van der Waals surface area (Å²) in [6.45, 7) is 0. The second-order valence-corrected chi connectivity index (χ2v) is 10.9. The van der Waals surface area contributed by atoms with E-state index < -0.39 is 8.07 Å². The van der Waals surface area contributed by atoms with Crippen molar-refractivity contribution in [3.63, 3.8) is 0 Å². The fourth-order valence-corrected chi connectivity index (χ4v) is 8.39. The van der Waals surface area contributed by atoms with E-state index in [1.54, 1.807) is 11.3 Å². The molecular formula is C24H20SSi. The van der Waals surface area contributed by atoms with Gasteiger partial charge in [0.05, 0.1) is 0 Å². The first-order chi connectivity index (χ1) is 12.9. The lowest BCUT2D eigenvalue weighted by molar-refractivity contribution is 1.68. The molecule has 1 heterocycles. The van der Waals surface area contributed by atoms with E-state index in [1.165, 1.54) is 20.4 Å². The third kappa shape index (κ3) is 3.21. The molecule has 4 aromatic rings. The van der Waals surface area contributed by atoms with Crippen LogP contribution in [0.5, 0.6) is 0 Å². The normalized spacial score (nSPS) is 11.7. The van der Waals surface area contributed by atoms with Gasteiger partial charge in [-0.3, -0.25) is 0 Å². The number of thiophene rings is 1. The van der Waals surface area contributed by atoms with Crippen molar-refractivity contribution < 1.29 is 0 Å². The molecule has 0 aliphatic heterocycles. The number of hydrogen-bond acceptors (Lipinski definition) is 1. The average Bonchev–Trinajstić information content (AvgIpc) is 3.25. The lowest BCUT2D eigenvalue weighted by Gasteiger charge is -2.30. The van der Waals surface area contributed by atoms with Crippen LogP contribution in [0, 0.1) is 0 Å². The molecule has 0 aliphatic rings. The number of benzene rings is 3. The van der Waals surface area contributed by atoms with Crippen molar-refractivity contribution >= 4 is 41.0 Å². The van der Waals surface area contributed by atoms with Crippen molar-refractivity contribution in [2.75, 3.05) is 0 Å². The molecule has 4 rings (SSSR count). The lowest BCUT2D eigenvalue weighted by Crippen LogP contribution is -2.66. The Kier molecular flexibility index (Phi) is 4.96. The molecule has 1 aromatic heterocycles. The van der Waals surface area contributed by atoms with Gasteiger partial charge < -0.3 is 0 Å². The van der Waals surface area contributed by atoms with Gasteiger partial charge in [0.25, 0.3) is 0 Å². The third-order valence-corrected chi connectivity index (χ3v) is 9.96. The van der Waals surface area contributed by atoms with Crippen molar-refractivity contribution in [1.82, 2.24) is 0 Å². The summed E-state index contributed by atoms with van der Waals surface area (Å²) >= 11 is 1.78. The molecule has 0 spiro atoms. The van der Waals surface area contributed by atoms with Crippen LogP contribution in [0.1, 0.15) is 4.88 Å². The number of hydrogen-bond donors (Lipinski definition) is 0. The minimum Gasteiger partial charge on any atom is -0.145 e. The van der Waals surface area contributed by atoms with E-state index in [-0.39, 0.29) is 0 Å². The zero-order chi connectivity index (χ0) is 17.7. The van der Waals surface area contributed by atoms with Gasteiger partial charge >= 0.3 is 0 Å². The van der Waals surface area contributed by atoms with Gasteiger partial charge in [-0.25, -0.2) is 0 Å². The summed E-state index contributed by atoms with van der Waals surface area (Å²) in [7, 11) is -2.25. The largest absolute Gasteiger partial charge is 0.172 e. The molecule has 126 valence electrons. The van der Waals surface area contributed by atoms with Gasteiger partial charge in [0.1, 0.15) is 0 Å². The van der Waals surface area contributed by atoms with E-state index >= 15 is 0 Å². The molecule has 0 radical (unpaired) electrons. The Hall–Kier alpha value is -2.68. The summed E-state index contributed by atoms with van der Waals surface area (Å²) in [5.74, 6) is 0. The van der Waals surface area contributed by atoms with E-state index in [2.05, 4.69) is 120 Å². The quantitative estimate of drug-likeness (QED) is 0.360. The van der Waals surface area contributed by atoms with Crippen molar-refractivity contribution in [3.8, 4) is 0 Å². The molecule has 3 aromatic carbocycles. The van der Waals surface area contributed by atoms with Gasteiger partial charge in [-0.2, -0.15) is 0 Å². The summed E-state index contributed by atoms with van der Waals surface area (Å²) in [5.41, 5.74) is 2.48. The Labute approximate surface area is 160 Å². The van der Waals surface area contributed by atoms with Gasteiger partial charge in [-0.1, -0.05) is 109 Å². The highest BCUT2D eigenvalue weighted by atomic mass is 32.1. The molecule has 2 heteroatoms. The standard InChI is InChI=1S/C24H20SSi/c1-4-12-22(13-5-1)26(23-14-6-2-7-15-23,24-16-8-3-9-17-24)20-18-21-11-10-19-25-21/h1-20H/b20-18+. The van der Waals surface area contributed by atoms with Gasteiger partial charge in [0, 0.05) is 4.88 Å². The maximum atomic E-state index is 2.48. The van der Waals surface area contributed by atoms with Crippen LogP contribution in [0.3, 0.4) is 0 Å². The molecule has 0 nitrogen and oxygen atoms in total. The van der Waals surface area contributed by atoms with Crippen LogP contribution in [0.2, 0.25) is 0 Å². The van der Waals surface area contributed by atoms with Gasteiger partial charge in [0.15, 0.2) is 8.07 Å². The Morgan fingerprint density at radius 1 is 0.538 bits per heavy atom. The van der Waals surface area contributed by atoms with Crippen LogP contribution in [0.4, 0.5) is 0 Å². The summed E-state index contributed by atoms with van der Waals surface area (Å²) in [4.78, 5) is 1.30. The van der Waals surface area contributed by atoms with Crippen LogP contribution in [0.15, 0.2) is 114 Å². The zero-order valence-corrected chi connectivity index (χ0v) is 16.3. The highest BCUT2D eigenvalue weighted by molar-refractivity contribution is 7.15. The van der Waals surface area contributed by atoms with Crippen LogP contribution >= 0.6 is 11.3 Å². The van der Waals surface area contributed by atoms with Crippen LogP contribution < -0.4 is 15.6 Å². The summed E-state index contributed by atoms with van der Waals surface area (Å²) in [5, 5.41) is 6.36. The average molecular weight is 369 g/mol. The van der Waals surface area contributed by atoms with E-state index in [0.717, 1.165) is 0 Å². The highest BCUT2D eigenvalue weighted by Crippen LogP contribution is 2.15. The van der Waals surface area contributed by atoms with E-state index in [1.807, 2.05) is 0 Å². The summed E-state index contributed by atoms with van der Waals surface area (Å²) in [6, 6.07) is 37.2. The first kappa shape index (κ1) is 16.8. The maximum Gasteiger partial charge on any atom is 0.172 e. The van der Waals surface area contributed by atoms with Gasteiger partial charge in [-0.15, -0.1) is 11.3 Å². The second-order valence-electron chi connectivity index (χ2n) is 6.25. The first-order valence-electron chi connectivity index (χ1n) is 8.79. The molecule has 0 saturated heterocycles. The van der Waals surface area contributed by atoms with E-state index in [4.69, 9.17) is 0 Å². The topological polar surface area (TPSA) is 0 Å². The number of rotatable bonds is 5. The third-order valence-electron chi connectivity index (χ3n) is 4.73. The van der Waals surface area contributed by atoms with Crippen LogP contribution in [-0.2, 0) is 0 Å². The van der Waals surface area contributed by atoms with Crippen LogP contribution in [-0.4, -0.2) is 8.07 Å². The fraction of sp³-hybridized carbons (Fsp3) is 0. The van der Waals surface area contributed by atoms with Crippen molar-refractivity contribution in [2.45, 2.75) is 0 Å². The minimum atomic E-state index is -2.25. The fourth-order valence-electron chi connectivity index (χ4n) is 3.49. The Balaban J connectivity index is 2.00. The summed E-state index contributed by atoms with van der Waals surface area (Å²) < 4.78 is 0. The second kappa shape index (κ2) is 7.69. The molecule has 26 heavy (non-hydrogen) atoms. The van der Waals surface area contributed by atoms with E-state index in [9.17, 15) is 0 Å². The minimum absolute atomic E-state index is 1.30. The van der Waals surface area contributed by atoms with Gasteiger partial charge in [-0.05, 0) is 27.0 Å². The van der Waals surface area contributed by atoms with Crippen molar-refractivity contribution in [2.24, 2.45) is 0 Å². The Bertz CT molecular complexity index is 862. The first-order valence-corrected chi connectivity index (χ1v) is 11.7. The smallest absolute Gasteiger partial charge is 0.145 e. The molecule has 0 aliphatic carbocycles. The molecular weight excluding hydrogens is 348 g/mol. The molecule has 0 saturated carbocycles. The van der Waals surface area contributed by atoms with Crippen LogP contribution in [0.25, 0.3) is 6.08 Å². The summed E-state index contributed by atoms with van der Waals surface area (Å²) in [6.07, 6.45) is 2.31. The molecule has 0 atom stereocenters. The maximum absolute atomic E-state index is 2.48. The van der Waals surface area contributed by atoms with Gasteiger partial charge in [0.2, 0.25) is 0 Å². The van der Waals surface area contributed by atoms with Crippen molar-refractivity contribution in [3.05, 3.63) is 119 Å². The monoisotopic (exact) mass is 368 g/mol. The zero-order valence-electron chi connectivity index (χ0n) is 14.5. The highest BCUT2D eigenvalue weighted by Gasteiger charge is 2.36. The Morgan fingerprint density at radius 3 is 1.38 bits per heavy atom. The van der Waals surface area contributed by atoms with Crippen molar-refractivity contribution in [1.29, 1.82) is 0 Å². The predicted molar refractivity (Wildman–Crippen MR) is 117 cm³/mol. The molecule has 0 bridgehead atoms. The lowest BCUT2D eigenvalue weighted by atomic mass is 10.3. The predicted octanol–water partition coefficient (Wildman–Crippen LogP) is 4.47. The van der Waals surface area contributed by atoms with E-state index in [0.29, 0.717) is 0 Å². The molecule has 0 amide bonds.